The normalized spacial score (nSPS) is 18.3. The van der Waals surface area contributed by atoms with Crippen molar-refractivity contribution in [2.45, 2.75) is 52.9 Å². The van der Waals surface area contributed by atoms with Crippen LogP contribution in [0.3, 0.4) is 0 Å². The molecule has 122 valence electrons. The first-order chi connectivity index (χ1) is 10.6. The van der Waals surface area contributed by atoms with Crippen molar-refractivity contribution in [3.05, 3.63) is 17.6 Å². The Morgan fingerprint density at radius 2 is 2.23 bits per heavy atom. The molecule has 1 aliphatic heterocycles. The number of amides is 1. The van der Waals surface area contributed by atoms with Crippen molar-refractivity contribution in [2.24, 2.45) is 5.92 Å². The van der Waals surface area contributed by atoms with E-state index < -0.39 is 0 Å². The predicted octanol–water partition coefficient (Wildman–Crippen LogP) is 3.26. The zero-order chi connectivity index (χ0) is 15.9. The Labute approximate surface area is 133 Å². The van der Waals surface area contributed by atoms with Crippen molar-refractivity contribution >= 4 is 11.7 Å². The van der Waals surface area contributed by atoms with Crippen LogP contribution in [0.5, 0.6) is 0 Å². The smallest absolute Gasteiger partial charge is 0.272 e. The summed E-state index contributed by atoms with van der Waals surface area (Å²) in [5.74, 6) is 2.02. The molecule has 1 fully saturated rings. The molecule has 5 nitrogen and oxygen atoms in total. The summed E-state index contributed by atoms with van der Waals surface area (Å²) < 4.78 is 0. The Kier molecular flexibility index (Phi) is 6.16. The molecule has 0 radical (unpaired) electrons. The van der Waals surface area contributed by atoms with Gasteiger partial charge in [0.25, 0.3) is 5.91 Å². The van der Waals surface area contributed by atoms with Gasteiger partial charge in [0, 0.05) is 25.7 Å². The number of hydrogen-bond donors (Lipinski definition) is 1. The highest BCUT2D eigenvalue weighted by molar-refractivity contribution is 5.93. The monoisotopic (exact) mass is 304 g/mol. The molecule has 1 aromatic heterocycles. The minimum Gasteiger partial charge on any atom is -0.370 e. The molecule has 1 amide bonds. The number of nitrogens with one attached hydrogen (secondary N) is 1. The average Bonchev–Trinajstić information content (AvgIpc) is 2.50. The molecular weight excluding hydrogens is 276 g/mol. The van der Waals surface area contributed by atoms with E-state index in [0.29, 0.717) is 17.4 Å². The Morgan fingerprint density at radius 1 is 1.41 bits per heavy atom. The number of rotatable bonds is 6. The lowest BCUT2D eigenvalue weighted by Gasteiger charge is -2.30. The van der Waals surface area contributed by atoms with E-state index in [-0.39, 0.29) is 5.91 Å². The Balaban J connectivity index is 2.03. The van der Waals surface area contributed by atoms with Crippen molar-refractivity contribution in [1.82, 2.24) is 14.9 Å². The van der Waals surface area contributed by atoms with Crippen LogP contribution in [0, 0.1) is 12.8 Å². The van der Waals surface area contributed by atoms with Gasteiger partial charge in [-0.25, -0.2) is 9.97 Å². The molecule has 0 bridgehead atoms. The number of carbonyl (C=O) groups excluding carboxylic acids is 1. The lowest BCUT2D eigenvalue weighted by molar-refractivity contribution is 0.0676. The lowest BCUT2D eigenvalue weighted by atomic mass is 10.00. The van der Waals surface area contributed by atoms with Gasteiger partial charge in [0.15, 0.2) is 0 Å². The Bertz CT molecular complexity index is 503. The third-order valence-corrected chi connectivity index (χ3v) is 4.09. The second-order valence-electron chi connectivity index (χ2n) is 6.32. The highest BCUT2D eigenvalue weighted by Gasteiger charge is 2.23. The number of aromatic nitrogens is 2. The molecule has 1 unspecified atom stereocenters. The first-order valence-corrected chi connectivity index (χ1v) is 8.49. The van der Waals surface area contributed by atoms with Gasteiger partial charge in [-0.1, -0.05) is 26.7 Å². The van der Waals surface area contributed by atoms with E-state index >= 15 is 0 Å². The van der Waals surface area contributed by atoms with Gasteiger partial charge >= 0.3 is 0 Å². The van der Waals surface area contributed by atoms with Crippen molar-refractivity contribution < 1.29 is 4.79 Å². The maximum Gasteiger partial charge on any atom is 0.272 e. The van der Waals surface area contributed by atoms with Gasteiger partial charge in [0.2, 0.25) is 0 Å². The molecule has 1 aromatic rings. The number of anilines is 1. The number of carbonyl (C=O) groups is 1. The third kappa shape index (κ3) is 4.68. The van der Waals surface area contributed by atoms with Gasteiger partial charge in [0.1, 0.15) is 17.3 Å². The van der Waals surface area contributed by atoms with Crippen LogP contribution in [0.4, 0.5) is 5.82 Å². The number of piperidine rings is 1. The first kappa shape index (κ1) is 16.7. The maximum absolute atomic E-state index is 12.6. The van der Waals surface area contributed by atoms with Crippen LogP contribution in [0.1, 0.15) is 62.3 Å². The molecule has 2 heterocycles. The van der Waals surface area contributed by atoms with Crippen molar-refractivity contribution in [3.8, 4) is 0 Å². The van der Waals surface area contributed by atoms with E-state index in [1.54, 1.807) is 6.07 Å². The molecule has 0 aromatic carbocycles. The predicted molar refractivity (Wildman–Crippen MR) is 89.1 cm³/mol. The first-order valence-electron chi connectivity index (χ1n) is 8.49. The quantitative estimate of drug-likeness (QED) is 0.820. The number of aryl methyl sites for hydroxylation is 1. The molecule has 2 rings (SSSR count). The van der Waals surface area contributed by atoms with Crippen molar-refractivity contribution in [3.63, 3.8) is 0 Å². The zero-order valence-electron chi connectivity index (χ0n) is 14.1. The van der Waals surface area contributed by atoms with E-state index in [9.17, 15) is 4.79 Å². The Hall–Kier alpha value is -1.65. The van der Waals surface area contributed by atoms with Crippen LogP contribution in [0.2, 0.25) is 0 Å². The van der Waals surface area contributed by atoms with Crippen molar-refractivity contribution in [2.75, 3.05) is 25.0 Å². The minimum atomic E-state index is 0.0358. The van der Waals surface area contributed by atoms with Crippen LogP contribution in [0.15, 0.2) is 6.07 Å². The lowest BCUT2D eigenvalue weighted by Crippen LogP contribution is -2.39. The third-order valence-electron chi connectivity index (χ3n) is 4.09. The van der Waals surface area contributed by atoms with Gasteiger partial charge < -0.3 is 10.2 Å². The fraction of sp³-hybridized carbons (Fsp3) is 0.706. The highest BCUT2D eigenvalue weighted by atomic mass is 16.2. The molecule has 0 aliphatic carbocycles. The number of unbranched alkanes of at least 4 members (excludes halogenated alkanes) is 2. The number of hydrogen-bond acceptors (Lipinski definition) is 4. The minimum absolute atomic E-state index is 0.0358. The van der Waals surface area contributed by atoms with Gasteiger partial charge in [-0.3, -0.25) is 4.79 Å². The summed E-state index contributed by atoms with van der Waals surface area (Å²) in [5, 5.41) is 3.31. The van der Waals surface area contributed by atoms with Crippen LogP contribution < -0.4 is 5.32 Å². The largest absolute Gasteiger partial charge is 0.370 e. The van der Waals surface area contributed by atoms with Gasteiger partial charge in [-0.2, -0.15) is 0 Å². The zero-order valence-corrected chi connectivity index (χ0v) is 14.1. The van der Waals surface area contributed by atoms with Gasteiger partial charge in [-0.15, -0.1) is 0 Å². The number of likely N-dealkylation sites (tertiary alicyclic amines) is 1. The number of nitrogens with zero attached hydrogens (tertiary/aromatic N) is 3. The van der Waals surface area contributed by atoms with E-state index in [1.807, 2.05) is 11.8 Å². The summed E-state index contributed by atoms with van der Waals surface area (Å²) in [5.41, 5.74) is 0.514. The standard InChI is InChI=1S/C17H28N4O/c1-4-5-6-9-18-16-11-15(19-14(3)20-16)17(22)21-10-7-8-13(2)12-21/h11,13H,4-10,12H2,1-3H3,(H,18,19,20). The molecule has 22 heavy (non-hydrogen) atoms. The highest BCUT2D eigenvalue weighted by Crippen LogP contribution is 2.18. The van der Waals surface area contributed by atoms with Crippen LogP contribution >= 0.6 is 0 Å². The second-order valence-corrected chi connectivity index (χ2v) is 6.32. The van der Waals surface area contributed by atoms with Gasteiger partial charge in [-0.05, 0) is 32.1 Å². The molecule has 1 atom stereocenters. The van der Waals surface area contributed by atoms with E-state index in [1.165, 1.54) is 19.3 Å². The molecule has 1 N–H and O–H groups in total. The molecule has 0 saturated carbocycles. The van der Waals surface area contributed by atoms with E-state index in [0.717, 1.165) is 38.3 Å². The van der Waals surface area contributed by atoms with Crippen molar-refractivity contribution in [1.29, 1.82) is 0 Å². The van der Waals surface area contributed by atoms with Crippen LogP contribution in [-0.2, 0) is 0 Å². The summed E-state index contributed by atoms with van der Waals surface area (Å²) >= 11 is 0. The fourth-order valence-corrected chi connectivity index (χ4v) is 2.90. The summed E-state index contributed by atoms with van der Waals surface area (Å²) in [4.78, 5) is 23.3. The fourth-order valence-electron chi connectivity index (χ4n) is 2.90. The molecule has 1 aliphatic rings. The molecular formula is C17H28N4O. The molecule has 5 heteroatoms. The summed E-state index contributed by atoms with van der Waals surface area (Å²) in [6, 6.07) is 1.79. The van der Waals surface area contributed by atoms with Crippen LogP contribution in [-0.4, -0.2) is 40.4 Å². The second kappa shape index (κ2) is 8.11. The summed E-state index contributed by atoms with van der Waals surface area (Å²) in [6.07, 6.45) is 5.80. The Morgan fingerprint density at radius 3 is 2.95 bits per heavy atom. The molecule has 0 spiro atoms. The average molecular weight is 304 g/mol. The SMILES string of the molecule is CCCCCNc1cc(C(=O)N2CCCC(C)C2)nc(C)n1. The topological polar surface area (TPSA) is 58.1 Å². The summed E-state index contributed by atoms with van der Waals surface area (Å²) in [6.45, 7) is 8.79. The summed E-state index contributed by atoms with van der Waals surface area (Å²) in [7, 11) is 0. The van der Waals surface area contributed by atoms with Crippen LogP contribution in [0.25, 0.3) is 0 Å². The van der Waals surface area contributed by atoms with E-state index in [4.69, 9.17) is 0 Å². The van der Waals surface area contributed by atoms with E-state index in [2.05, 4.69) is 29.1 Å². The van der Waals surface area contributed by atoms with Gasteiger partial charge in [0.05, 0.1) is 0 Å². The molecule has 1 saturated heterocycles. The maximum atomic E-state index is 12.6.